The predicted octanol–water partition coefficient (Wildman–Crippen LogP) is 3.67. The maximum absolute atomic E-state index is 13.3. The summed E-state index contributed by atoms with van der Waals surface area (Å²) in [6, 6.07) is 17.8. The van der Waals surface area contributed by atoms with Crippen LogP contribution in [0, 0.1) is 5.41 Å². The van der Waals surface area contributed by atoms with Gasteiger partial charge >= 0.3 is 0 Å². The van der Waals surface area contributed by atoms with Crippen molar-refractivity contribution in [2.24, 2.45) is 5.41 Å². The minimum atomic E-state index is -0.651. The van der Waals surface area contributed by atoms with Gasteiger partial charge in [0, 0.05) is 43.9 Å². The lowest BCUT2D eigenvalue weighted by Gasteiger charge is -2.42. The Kier molecular flexibility index (Phi) is 7.13. The molecule has 1 aromatic carbocycles. The Morgan fingerprint density at radius 2 is 1.94 bits per heavy atom. The fraction of sp³-hybridized carbons (Fsp3) is 0.333. The smallest absolute Gasteiger partial charge is 0.228 e. The van der Waals surface area contributed by atoms with Gasteiger partial charge in [-0.05, 0) is 61.1 Å². The van der Waals surface area contributed by atoms with E-state index >= 15 is 0 Å². The molecule has 0 bridgehead atoms. The summed E-state index contributed by atoms with van der Waals surface area (Å²) in [5, 5.41) is 3.03. The van der Waals surface area contributed by atoms with Gasteiger partial charge in [0.15, 0.2) is 0 Å². The average Bonchev–Trinajstić information content (AvgIpc) is 2.85. The van der Waals surface area contributed by atoms with Gasteiger partial charge in [-0.15, -0.1) is 0 Å². The van der Waals surface area contributed by atoms with E-state index in [1.165, 1.54) is 0 Å². The van der Waals surface area contributed by atoms with Crippen LogP contribution in [0.5, 0.6) is 0 Å². The summed E-state index contributed by atoms with van der Waals surface area (Å²) in [5.74, 6) is 0.0401. The number of rotatable bonds is 7. The highest BCUT2D eigenvalue weighted by atomic mass is 16.2. The summed E-state index contributed by atoms with van der Waals surface area (Å²) in [7, 11) is 0. The van der Waals surface area contributed by atoms with Crippen molar-refractivity contribution in [3.05, 3.63) is 84.4 Å². The van der Waals surface area contributed by atoms with Crippen molar-refractivity contribution in [2.75, 3.05) is 19.6 Å². The largest absolute Gasteiger partial charge is 0.356 e. The number of hydrogen-bond donors (Lipinski definition) is 1. The number of pyridine rings is 2. The topological polar surface area (TPSA) is 75.2 Å². The zero-order valence-electron chi connectivity index (χ0n) is 19.0. The molecule has 170 valence electrons. The fourth-order valence-electron chi connectivity index (χ4n) is 4.66. The highest BCUT2D eigenvalue weighted by molar-refractivity contribution is 5.85. The average molecular weight is 443 g/mol. The molecule has 1 N–H and O–H groups in total. The van der Waals surface area contributed by atoms with Crippen LogP contribution < -0.4 is 5.32 Å². The summed E-state index contributed by atoms with van der Waals surface area (Å²) in [6.07, 6.45) is 7.69. The second-order valence-corrected chi connectivity index (χ2v) is 8.68. The first-order valence-corrected chi connectivity index (χ1v) is 11.5. The number of nitrogens with one attached hydrogen (secondary N) is 1. The van der Waals surface area contributed by atoms with Crippen LogP contribution in [0.25, 0.3) is 11.1 Å². The zero-order valence-corrected chi connectivity index (χ0v) is 19.0. The number of likely N-dealkylation sites (tertiary alicyclic amines) is 1. The number of hydrogen-bond acceptors (Lipinski definition) is 4. The van der Waals surface area contributed by atoms with E-state index in [1.54, 1.807) is 12.4 Å². The normalized spacial score (nSPS) is 18.0. The Labute approximate surface area is 195 Å². The number of amides is 2. The molecule has 1 fully saturated rings. The fourth-order valence-corrected chi connectivity index (χ4v) is 4.66. The number of carbonyl (C=O) groups is 2. The van der Waals surface area contributed by atoms with Crippen molar-refractivity contribution < 1.29 is 9.59 Å². The SMILES string of the molecule is CCNC(=O)[C@]1(Cc2cccc(-c3cccnc3)c2)CCCN(C(=O)Cc2ccccn2)C1. The lowest BCUT2D eigenvalue weighted by atomic mass is 9.74. The molecule has 33 heavy (non-hydrogen) atoms. The molecule has 2 amide bonds. The van der Waals surface area contributed by atoms with E-state index in [1.807, 2.05) is 54.4 Å². The second-order valence-electron chi connectivity index (χ2n) is 8.68. The monoisotopic (exact) mass is 442 g/mol. The van der Waals surface area contributed by atoms with E-state index in [-0.39, 0.29) is 18.2 Å². The molecule has 4 rings (SSSR count). The van der Waals surface area contributed by atoms with Crippen molar-refractivity contribution in [2.45, 2.75) is 32.6 Å². The summed E-state index contributed by atoms with van der Waals surface area (Å²) in [5.41, 5.74) is 3.30. The molecular weight excluding hydrogens is 412 g/mol. The van der Waals surface area contributed by atoms with Crippen LogP contribution in [0.2, 0.25) is 0 Å². The lowest BCUT2D eigenvalue weighted by Crippen LogP contribution is -2.54. The van der Waals surface area contributed by atoms with Crippen LogP contribution in [0.1, 0.15) is 31.0 Å². The van der Waals surface area contributed by atoms with Crippen molar-refractivity contribution in [1.82, 2.24) is 20.2 Å². The van der Waals surface area contributed by atoms with Gasteiger partial charge in [0.25, 0.3) is 0 Å². The molecular formula is C27H30N4O2. The van der Waals surface area contributed by atoms with Crippen molar-refractivity contribution in [3.63, 3.8) is 0 Å². The molecule has 2 aromatic heterocycles. The van der Waals surface area contributed by atoms with Crippen LogP contribution in [-0.4, -0.2) is 46.3 Å². The van der Waals surface area contributed by atoms with Crippen LogP contribution >= 0.6 is 0 Å². The Bertz CT molecular complexity index is 1090. The Morgan fingerprint density at radius 1 is 1.06 bits per heavy atom. The first-order valence-electron chi connectivity index (χ1n) is 11.5. The second kappa shape index (κ2) is 10.4. The van der Waals surface area contributed by atoms with Gasteiger partial charge in [-0.25, -0.2) is 0 Å². The Balaban J connectivity index is 1.57. The van der Waals surface area contributed by atoms with Gasteiger partial charge in [0.1, 0.15) is 0 Å². The standard InChI is InChI=1S/C27H30N4O2/c1-2-29-26(33)27(18-21-8-5-9-22(16-21)23-10-6-13-28-19-23)12-7-15-31(20-27)25(32)17-24-11-3-4-14-30-24/h3-6,8-11,13-14,16,19H,2,7,12,15,17-18,20H2,1H3,(H,29,33)/t27-/m0/s1. The number of nitrogens with zero attached hydrogens (tertiary/aromatic N) is 3. The van der Waals surface area contributed by atoms with E-state index in [2.05, 4.69) is 33.5 Å². The lowest BCUT2D eigenvalue weighted by molar-refractivity contribution is -0.141. The summed E-state index contributed by atoms with van der Waals surface area (Å²) in [6.45, 7) is 3.59. The van der Waals surface area contributed by atoms with Crippen molar-refractivity contribution in [3.8, 4) is 11.1 Å². The predicted molar refractivity (Wildman–Crippen MR) is 128 cm³/mol. The summed E-state index contributed by atoms with van der Waals surface area (Å²) >= 11 is 0. The Morgan fingerprint density at radius 3 is 2.70 bits per heavy atom. The molecule has 3 aromatic rings. The highest BCUT2D eigenvalue weighted by Crippen LogP contribution is 2.35. The van der Waals surface area contributed by atoms with Gasteiger partial charge in [0.05, 0.1) is 11.8 Å². The molecule has 0 saturated carbocycles. The van der Waals surface area contributed by atoms with E-state index < -0.39 is 5.41 Å². The third kappa shape index (κ3) is 5.45. The van der Waals surface area contributed by atoms with Gasteiger partial charge in [-0.2, -0.15) is 0 Å². The molecule has 1 atom stereocenters. The van der Waals surface area contributed by atoms with Crippen LogP contribution in [0.15, 0.2) is 73.2 Å². The van der Waals surface area contributed by atoms with Crippen LogP contribution in [0.3, 0.4) is 0 Å². The van der Waals surface area contributed by atoms with Crippen molar-refractivity contribution in [1.29, 1.82) is 0 Å². The van der Waals surface area contributed by atoms with Gasteiger partial charge < -0.3 is 10.2 Å². The third-order valence-electron chi connectivity index (χ3n) is 6.27. The van der Waals surface area contributed by atoms with E-state index in [4.69, 9.17) is 0 Å². The molecule has 6 nitrogen and oxygen atoms in total. The molecule has 1 aliphatic heterocycles. The van der Waals surface area contributed by atoms with Crippen molar-refractivity contribution >= 4 is 11.8 Å². The Hall–Kier alpha value is -3.54. The number of piperidine rings is 1. The molecule has 1 aliphatic rings. The number of benzene rings is 1. The number of carbonyl (C=O) groups excluding carboxylic acids is 2. The van der Waals surface area contributed by atoms with E-state index in [0.29, 0.717) is 26.1 Å². The molecule has 0 unspecified atom stereocenters. The molecule has 0 aliphatic carbocycles. The zero-order chi connectivity index (χ0) is 23.1. The summed E-state index contributed by atoms with van der Waals surface area (Å²) < 4.78 is 0. The van der Waals surface area contributed by atoms with Crippen LogP contribution in [-0.2, 0) is 22.4 Å². The molecule has 6 heteroatoms. The minimum Gasteiger partial charge on any atom is -0.356 e. The maximum Gasteiger partial charge on any atom is 0.228 e. The molecule has 3 heterocycles. The highest BCUT2D eigenvalue weighted by Gasteiger charge is 2.43. The molecule has 0 spiro atoms. The maximum atomic E-state index is 13.3. The van der Waals surface area contributed by atoms with E-state index in [0.717, 1.165) is 35.2 Å². The van der Waals surface area contributed by atoms with Gasteiger partial charge in [0.2, 0.25) is 11.8 Å². The first kappa shape index (κ1) is 22.6. The van der Waals surface area contributed by atoms with Gasteiger partial charge in [-0.3, -0.25) is 19.6 Å². The minimum absolute atomic E-state index is 0.0196. The molecule has 0 radical (unpaired) electrons. The first-order chi connectivity index (χ1) is 16.1. The van der Waals surface area contributed by atoms with Crippen LogP contribution in [0.4, 0.5) is 0 Å². The third-order valence-corrected chi connectivity index (χ3v) is 6.27. The van der Waals surface area contributed by atoms with E-state index in [9.17, 15) is 9.59 Å². The number of aromatic nitrogens is 2. The molecule has 1 saturated heterocycles. The van der Waals surface area contributed by atoms with Gasteiger partial charge in [-0.1, -0.05) is 36.4 Å². The summed E-state index contributed by atoms with van der Waals surface area (Å²) in [4.78, 5) is 36.8. The quantitative estimate of drug-likeness (QED) is 0.606.